The van der Waals surface area contributed by atoms with E-state index in [4.69, 9.17) is 0 Å². The van der Waals surface area contributed by atoms with Crippen LogP contribution in [0.4, 0.5) is 0 Å². The molecule has 0 radical (unpaired) electrons. The number of benzene rings is 1. The summed E-state index contributed by atoms with van der Waals surface area (Å²) >= 11 is 0. The van der Waals surface area contributed by atoms with Crippen LogP contribution < -0.4 is 0 Å². The third-order valence-electron chi connectivity index (χ3n) is 3.07. The minimum absolute atomic E-state index is 0.618. The normalized spacial score (nSPS) is 16.2. The van der Waals surface area contributed by atoms with Crippen LogP contribution in [-0.2, 0) is 19.4 Å². The predicted octanol–water partition coefficient (Wildman–Crippen LogP) is 2.78. The van der Waals surface area contributed by atoms with Gasteiger partial charge in [-0.1, -0.05) is 24.6 Å². The van der Waals surface area contributed by atoms with E-state index < -0.39 is 0 Å². The molecule has 1 aromatic rings. The molecule has 0 amide bonds. The van der Waals surface area contributed by atoms with Crippen molar-refractivity contribution < 1.29 is 5.21 Å². The van der Waals surface area contributed by atoms with Crippen molar-refractivity contribution in [2.75, 3.05) is 7.05 Å². The SMILES string of the molecule is CN(O)Cc1ccc2c(c1)CCCCC2. The maximum absolute atomic E-state index is 9.20. The van der Waals surface area contributed by atoms with E-state index in [9.17, 15) is 5.21 Å². The topological polar surface area (TPSA) is 23.5 Å². The summed E-state index contributed by atoms with van der Waals surface area (Å²) in [6.45, 7) is 0.618. The Labute approximate surface area is 91.5 Å². The van der Waals surface area contributed by atoms with Crippen molar-refractivity contribution in [3.8, 4) is 0 Å². The highest BCUT2D eigenvalue weighted by Crippen LogP contribution is 2.22. The Kier molecular flexibility index (Phi) is 3.39. The maximum Gasteiger partial charge on any atom is 0.0485 e. The molecule has 2 nitrogen and oxygen atoms in total. The molecule has 0 atom stereocenters. The van der Waals surface area contributed by atoms with Crippen LogP contribution in [0.1, 0.15) is 36.0 Å². The van der Waals surface area contributed by atoms with Crippen molar-refractivity contribution in [1.82, 2.24) is 5.06 Å². The average molecular weight is 205 g/mol. The van der Waals surface area contributed by atoms with Crippen LogP contribution in [0, 0.1) is 0 Å². The van der Waals surface area contributed by atoms with E-state index in [-0.39, 0.29) is 0 Å². The van der Waals surface area contributed by atoms with E-state index in [1.54, 1.807) is 7.05 Å². The fourth-order valence-corrected chi connectivity index (χ4v) is 2.33. The van der Waals surface area contributed by atoms with Gasteiger partial charge in [0.05, 0.1) is 0 Å². The van der Waals surface area contributed by atoms with Crippen molar-refractivity contribution in [1.29, 1.82) is 0 Å². The molecule has 1 aromatic carbocycles. The highest BCUT2D eigenvalue weighted by atomic mass is 16.5. The third-order valence-corrected chi connectivity index (χ3v) is 3.07. The molecule has 0 aliphatic heterocycles. The Balaban J connectivity index is 2.20. The van der Waals surface area contributed by atoms with Crippen molar-refractivity contribution in [2.45, 2.75) is 38.6 Å². The second kappa shape index (κ2) is 4.77. The number of nitrogens with zero attached hydrogens (tertiary/aromatic N) is 1. The molecule has 2 rings (SSSR count). The van der Waals surface area contributed by atoms with Crippen LogP contribution in [-0.4, -0.2) is 17.3 Å². The van der Waals surface area contributed by atoms with Crippen molar-refractivity contribution in [3.63, 3.8) is 0 Å². The van der Waals surface area contributed by atoms with Gasteiger partial charge in [-0.2, -0.15) is 5.06 Å². The molecule has 0 saturated carbocycles. The molecule has 0 spiro atoms. The molecule has 2 heteroatoms. The maximum atomic E-state index is 9.20. The second-order valence-electron chi connectivity index (χ2n) is 4.48. The summed E-state index contributed by atoms with van der Waals surface area (Å²) in [7, 11) is 1.69. The lowest BCUT2D eigenvalue weighted by Gasteiger charge is -2.11. The molecular formula is C13H19NO. The van der Waals surface area contributed by atoms with E-state index in [1.165, 1.54) is 53.9 Å². The molecule has 0 saturated heterocycles. The van der Waals surface area contributed by atoms with Gasteiger partial charge < -0.3 is 5.21 Å². The van der Waals surface area contributed by atoms with Gasteiger partial charge in [0.25, 0.3) is 0 Å². The van der Waals surface area contributed by atoms with E-state index >= 15 is 0 Å². The van der Waals surface area contributed by atoms with Gasteiger partial charge >= 0.3 is 0 Å². The molecule has 0 bridgehead atoms. The largest absolute Gasteiger partial charge is 0.314 e. The molecule has 1 aliphatic carbocycles. The van der Waals surface area contributed by atoms with Gasteiger partial charge in [-0.05, 0) is 42.4 Å². The Morgan fingerprint density at radius 1 is 1.13 bits per heavy atom. The van der Waals surface area contributed by atoms with Crippen LogP contribution in [0.15, 0.2) is 18.2 Å². The Morgan fingerprint density at radius 2 is 1.87 bits per heavy atom. The van der Waals surface area contributed by atoms with Crippen LogP contribution >= 0.6 is 0 Å². The van der Waals surface area contributed by atoms with Crippen LogP contribution in [0.5, 0.6) is 0 Å². The molecule has 0 aromatic heterocycles. The first-order valence-electron chi connectivity index (χ1n) is 5.76. The first-order chi connectivity index (χ1) is 7.25. The zero-order valence-electron chi connectivity index (χ0n) is 9.37. The van der Waals surface area contributed by atoms with Gasteiger partial charge in [-0.15, -0.1) is 0 Å². The molecule has 0 heterocycles. The minimum atomic E-state index is 0.618. The summed E-state index contributed by atoms with van der Waals surface area (Å²) < 4.78 is 0. The number of hydrogen-bond acceptors (Lipinski definition) is 2. The molecule has 15 heavy (non-hydrogen) atoms. The lowest BCUT2D eigenvalue weighted by Crippen LogP contribution is -2.12. The predicted molar refractivity (Wildman–Crippen MR) is 61.0 cm³/mol. The summed E-state index contributed by atoms with van der Waals surface area (Å²) in [5.74, 6) is 0. The van der Waals surface area contributed by atoms with Crippen molar-refractivity contribution >= 4 is 0 Å². The monoisotopic (exact) mass is 205 g/mol. The smallest absolute Gasteiger partial charge is 0.0485 e. The lowest BCUT2D eigenvalue weighted by molar-refractivity contribution is -0.0731. The average Bonchev–Trinajstić information content (AvgIpc) is 2.41. The van der Waals surface area contributed by atoms with Gasteiger partial charge in [0.1, 0.15) is 0 Å². The molecule has 0 fully saturated rings. The lowest BCUT2D eigenvalue weighted by atomic mass is 10.00. The van der Waals surface area contributed by atoms with Gasteiger partial charge in [-0.25, -0.2) is 0 Å². The van der Waals surface area contributed by atoms with Crippen molar-refractivity contribution in [3.05, 3.63) is 34.9 Å². The second-order valence-corrected chi connectivity index (χ2v) is 4.48. The number of hydroxylamine groups is 2. The number of aryl methyl sites for hydroxylation is 2. The Bertz CT molecular complexity index is 333. The number of fused-ring (bicyclic) bond motifs is 1. The fraction of sp³-hybridized carbons (Fsp3) is 0.538. The Hall–Kier alpha value is -0.860. The first-order valence-corrected chi connectivity index (χ1v) is 5.76. The zero-order valence-corrected chi connectivity index (χ0v) is 9.37. The summed E-state index contributed by atoms with van der Waals surface area (Å²) in [6, 6.07) is 6.63. The van der Waals surface area contributed by atoms with E-state index in [2.05, 4.69) is 18.2 Å². The van der Waals surface area contributed by atoms with Gasteiger partial charge in [0, 0.05) is 13.6 Å². The third kappa shape index (κ3) is 2.80. The van der Waals surface area contributed by atoms with Gasteiger partial charge in [-0.3, -0.25) is 0 Å². The van der Waals surface area contributed by atoms with E-state index in [1.807, 2.05) is 0 Å². The highest BCUT2D eigenvalue weighted by molar-refractivity contribution is 5.33. The molecule has 82 valence electrons. The summed E-state index contributed by atoms with van der Waals surface area (Å²) in [5, 5.41) is 10.4. The van der Waals surface area contributed by atoms with E-state index in [0.717, 1.165) is 0 Å². The van der Waals surface area contributed by atoms with Crippen molar-refractivity contribution in [2.24, 2.45) is 0 Å². The first kappa shape index (κ1) is 10.7. The number of hydrogen-bond donors (Lipinski definition) is 1. The zero-order chi connectivity index (χ0) is 10.7. The Morgan fingerprint density at radius 3 is 2.60 bits per heavy atom. The minimum Gasteiger partial charge on any atom is -0.314 e. The molecule has 1 aliphatic rings. The molecule has 1 N–H and O–H groups in total. The molecule has 0 unspecified atom stereocenters. The van der Waals surface area contributed by atoms with Crippen LogP contribution in [0.25, 0.3) is 0 Å². The van der Waals surface area contributed by atoms with E-state index in [0.29, 0.717) is 6.54 Å². The fourth-order valence-electron chi connectivity index (χ4n) is 2.33. The summed E-state index contributed by atoms with van der Waals surface area (Å²) in [6.07, 6.45) is 6.42. The van der Waals surface area contributed by atoms with Gasteiger partial charge in [0.15, 0.2) is 0 Å². The van der Waals surface area contributed by atoms with Crippen LogP contribution in [0.3, 0.4) is 0 Å². The summed E-state index contributed by atoms with van der Waals surface area (Å²) in [5.41, 5.74) is 4.21. The molecular weight excluding hydrogens is 186 g/mol. The number of rotatable bonds is 2. The van der Waals surface area contributed by atoms with Crippen LogP contribution in [0.2, 0.25) is 0 Å². The standard InChI is InChI=1S/C13H19NO/c1-14(15)10-11-7-8-12-5-3-2-4-6-13(12)9-11/h7-9,15H,2-6,10H2,1H3. The highest BCUT2D eigenvalue weighted by Gasteiger charge is 2.08. The van der Waals surface area contributed by atoms with Gasteiger partial charge in [0.2, 0.25) is 0 Å². The summed E-state index contributed by atoms with van der Waals surface area (Å²) in [4.78, 5) is 0. The quantitative estimate of drug-likeness (QED) is 0.593.